The highest BCUT2D eigenvalue weighted by molar-refractivity contribution is 5.91. The molecular weight excluding hydrogens is 306 g/mol. The molecule has 0 aliphatic carbocycles. The summed E-state index contributed by atoms with van der Waals surface area (Å²) < 4.78 is 1.81. The molecule has 0 aliphatic rings. The van der Waals surface area contributed by atoms with Crippen molar-refractivity contribution in [2.45, 2.75) is 33.6 Å². The van der Waals surface area contributed by atoms with E-state index in [0.29, 0.717) is 6.42 Å². The summed E-state index contributed by atoms with van der Waals surface area (Å²) in [7, 11) is 0. The number of aromatic hydroxyl groups is 1. The van der Waals surface area contributed by atoms with E-state index in [0.717, 1.165) is 28.3 Å². The second kappa shape index (κ2) is 6.27. The van der Waals surface area contributed by atoms with E-state index in [-0.39, 0.29) is 23.9 Å². The Labute approximate surface area is 139 Å². The predicted octanol–water partition coefficient (Wildman–Crippen LogP) is 2.33. The van der Waals surface area contributed by atoms with E-state index in [1.54, 1.807) is 10.6 Å². The lowest BCUT2D eigenvalue weighted by Crippen LogP contribution is -2.15. The summed E-state index contributed by atoms with van der Waals surface area (Å²) in [5.41, 5.74) is 4.61. The highest BCUT2D eigenvalue weighted by Crippen LogP contribution is 2.20. The quantitative estimate of drug-likeness (QED) is 0.768. The molecule has 0 radical (unpaired) electrons. The number of amides is 1. The van der Waals surface area contributed by atoms with Gasteiger partial charge >= 0.3 is 0 Å². The fourth-order valence-electron chi connectivity index (χ4n) is 2.73. The van der Waals surface area contributed by atoms with Gasteiger partial charge in [0.1, 0.15) is 0 Å². The molecule has 0 bridgehead atoms. The van der Waals surface area contributed by atoms with Crippen molar-refractivity contribution in [3.8, 4) is 5.75 Å². The first kappa shape index (κ1) is 15.9. The number of aryl methyl sites for hydroxylation is 3. The Balaban J connectivity index is 1.76. The van der Waals surface area contributed by atoms with Gasteiger partial charge in [-0.2, -0.15) is 5.10 Å². The summed E-state index contributed by atoms with van der Waals surface area (Å²) in [6.07, 6.45) is 2.32. The largest absolute Gasteiger partial charge is 0.504 e. The second-order valence-electron chi connectivity index (χ2n) is 5.74. The van der Waals surface area contributed by atoms with Crippen molar-refractivity contribution in [3.63, 3.8) is 0 Å². The molecule has 124 valence electrons. The van der Waals surface area contributed by atoms with Crippen molar-refractivity contribution in [1.82, 2.24) is 19.6 Å². The van der Waals surface area contributed by atoms with Gasteiger partial charge in [0.2, 0.25) is 5.91 Å². The van der Waals surface area contributed by atoms with Crippen LogP contribution in [0.5, 0.6) is 5.75 Å². The third-order valence-electron chi connectivity index (χ3n) is 3.93. The number of rotatable bonds is 4. The first-order valence-electron chi connectivity index (χ1n) is 7.72. The lowest BCUT2D eigenvalue weighted by molar-refractivity contribution is -0.116. The highest BCUT2D eigenvalue weighted by atomic mass is 16.3. The van der Waals surface area contributed by atoms with Gasteiger partial charge in [0, 0.05) is 30.1 Å². The molecule has 7 heteroatoms. The predicted molar refractivity (Wildman–Crippen MR) is 90.1 cm³/mol. The third-order valence-corrected chi connectivity index (χ3v) is 3.93. The van der Waals surface area contributed by atoms with Crippen LogP contribution in [0.2, 0.25) is 0 Å². The van der Waals surface area contributed by atoms with Crippen LogP contribution in [-0.4, -0.2) is 30.6 Å². The van der Waals surface area contributed by atoms with Crippen molar-refractivity contribution < 1.29 is 9.90 Å². The van der Waals surface area contributed by atoms with Gasteiger partial charge in [-0.15, -0.1) is 0 Å². The summed E-state index contributed by atoms with van der Waals surface area (Å²) >= 11 is 0. The molecule has 0 atom stereocenters. The van der Waals surface area contributed by atoms with Gasteiger partial charge in [0.15, 0.2) is 17.2 Å². The summed E-state index contributed by atoms with van der Waals surface area (Å²) in [4.78, 5) is 20.6. The van der Waals surface area contributed by atoms with Gasteiger partial charge in [-0.1, -0.05) is 0 Å². The summed E-state index contributed by atoms with van der Waals surface area (Å²) in [6.45, 7) is 5.84. The molecule has 7 nitrogen and oxygen atoms in total. The van der Waals surface area contributed by atoms with E-state index >= 15 is 0 Å². The van der Waals surface area contributed by atoms with Crippen LogP contribution in [0.1, 0.15) is 29.1 Å². The number of hydrogen-bond acceptors (Lipinski definition) is 5. The molecule has 0 aromatic carbocycles. The first-order chi connectivity index (χ1) is 11.5. The number of aromatic nitrogens is 4. The molecule has 3 heterocycles. The van der Waals surface area contributed by atoms with Gasteiger partial charge < -0.3 is 10.4 Å². The van der Waals surface area contributed by atoms with E-state index < -0.39 is 0 Å². The first-order valence-corrected chi connectivity index (χ1v) is 7.72. The van der Waals surface area contributed by atoms with Crippen molar-refractivity contribution in [2.24, 2.45) is 0 Å². The molecule has 0 saturated carbocycles. The molecule has 0 fully saturated rings. The van der Waals surface area contributed by atoms with Crippen LogP contribution >= 0.6 is 0 Å². The lowest BCUT2D eigenvalue weighted by atomic mass is 10.1. The molecule has 3 rings (SSSR count). The molecular formula is C17H19N5O2. The van der Waals surface area contributed by atoms with Crippen molar-refractivity contribution in [1.29, 1.82) is 0 Å². The summed E-state index contributed by atoms with van der Waals surface area (Å²) in [6, 6.07) is 5.01. The van der Waals surface area contributed by atoms with E-state index in [4.69, 9.17) is 0 Å². The van der Waals surface area contributed by atoms with E-state index in [2.05, 4.69) is 20.4 Å². The Hall–Kier alpha value is -2.96. The smallest absolute Gasteiger partial charge is 0.225 e. The van der Waals surface area contributed by atoms with Gasteiger partial charge in [0.05, 0.1) is 5.69 Å². The van der Waals surface area contributed by atoms with Crippen LogP contribution in [0, 0.1) is 20.8 Å². The maximum absolute atomic E-state index is 12.1. The van der Waals surface area contributed by atoms with Crippen LogP contribution in [0.15, 0.2) is 24.4 Å². The molecule has 2 N–H and O–H groups in total. The topological polar surface area (TPSA) is 92.4 Å². The fraction of sp³-hybridized carbons (Fsp3) is 0.294. The van der Waals surface area contributed by atoms with Crippen molar-refractivity contribution in [2.75, 3.05) is 5.32 Å². The number of nitrogens with one attached hydrogen (secondary N) is 1. The summed E-state index contributed by atoms with van der Waals surface area (Å²) in [5.74, 6) is -0.0833. The number of carbonyl (C=O) groups excluding carboxylic acids is 1. The maximum Gasteiger partial charge on any atom is 0.225 e. The Kier molecular flexibility index (Phi) is 4.16. The zero-order valence-electron chi connectivity index (χ0n) is 13.9. The second-order valence-corrected chi connectivity index (χ2v) is 5.74. The van der Waals surface area contributed by atoms with Crippen LogP contribution in [-0.2, 0) is 11.2 Å². The molecule has 1 amide bonds. The minimum absolute atomic E-state index is 0.0479. The zero-order valence-corrected chi connectivity index (χ0v) is 13.9. The average molecular weight is 325 g/mol. The Morgan fingerprint density at radius 1 is 1.33 bits per heavy atom. The number of nitrogens with zero attached hydrogens (tertiary/aromatic N) is 4. The maximum atomic E-state index is 12.1. The molecule has 0 unspecified atom stereocenters. The van der Waals surface area contributed by atoms with Crippen LogP contribution in [0.25, 0.3) is 5.65 Å². The molecule has 0 aliphatic heterocycles. The Morgan fingerprint density at radius 2 is 2.12 bits per heavy atom. The fourth-order valence-corrected chi connectivity index (χ4v) is 2.73. The Bertz CT molecular complexity index is 917. The van der Waals surface area contributed by atoms with Crippen molar-refractivity contribution in [3.05, 3.63) is 47.0 Å². The lowest BCUT2D eigenvalue weighted by Gasteiger charge is -2.11. The number of anilines is 1. The number of carbonyl (C=O) groups is 1. The molecule has 0 spiro atoms. The van der Waals surface area contributed by atoms with Crippen LogP contribution < -0.4 is 5.32 Å². The molecule has 3 aromatic rings. The van der Waals surface area contributed by atoms with E-state index in [1.165, 1.54) is 12.3 Å². The van der Waals surface area contributed by atoms with Crippen LogP contribution in [0.4, 0.5) is 5.82 Å². The molecule has 3 aromatic heterocycles. The van der Waals surface area contributed by atoms with Gasteiger partial charge in [-0.05, 0) is 44.9 Å². The van der Waals surface area contributed by atoms with Gasteiger partial charge in [-0.25, -0.2) is 14.5 Å². The van der Waals surface area contributed by atoms with E-state index in [1.807, 2.05) is 26.8 Å². The average Bonchev–Trinajstić information content (AvgIpc) is 2.90. The number of hydrogen-bond donors (Lipinski definition) is 2. The van der Waals surface area contributed by atoms with Gasteiger partial charge in [0.25, 0.3) is 0 Å². The van der Waals surface area contributed by atoms with Crippen LogP contribution in [0.3, 0.4) is 0 Å². The SMILES string of the molecule is Cc1cc2nc(C)c(CCC(=O)Nc3ncccc3O)c(C)n2n1. The third kappa shape index (κ3) is 3.05. The zero-order chi connectivity index (χ0) is 17.3. The minimum Gasteiger partial charge on any atom is -0.504 e. The Morgan fingerprint density at radius 3 is 2.88 bits per heavy atom. The minimum atomic E-state index is -0.209. The molecule has 24 heavy (non-hydrogen) atoms. The number of pyridine rings is 1. The molecule has 0 saturated heterocycles. The monoisotopic (exact) mass is 325 g/mol. The van der Waals surface area contributed by atoms with E-state index in [9.17, 15) is 9.90 Å². The summed E-state index contributed by atoms with van der Waals surface area (Å²) in [5, 5.41) is 16.7. The normalized spacial score (nSPS) is 11.0. The van der Waals surface area contributed by atoms with Crippen molar-refractivity contribution >= 4 is 17.4 Å². The number of fused-ring (bicyclic) bond motifs is 1. The highest BCUT2D eigenvalue weighted by Gasteiger charge is 2.13. The van der Waals surface area contributed by atoms with Gasteiger partial charge in [-0.3, -0.25) is 4.79 Å². The standard InChI is InChI=1S/C17H19N5O2/c1-10-9-15-19-11(2)13(12(3)22(15)21-10)6-7-16(24)20-17-14(23)5-4-8-18-17/h4-5,8-9,23H,6-7H2,1-3H3,(H,18,20,24).